The molecule has 0 aromatic carbocycles. The molecule has 0 bridgehead atoms. The van der Waals surface area contributed by atoms with Gasteiger partial charge in [-0.15, -0.1) is 0 Å². The van der Waals surface area contributed by atoms with E-state index in [0.717, 1.165) is 6.07 Å². The van der Waals surface area contributed by atoms with Gasteiger partial charge in [0.2, 0.25) is 5.43 Å². The van der Waals surface area contributed by atoms with E-state index in [1.807, 2.05) is 0 Å². The molecule has 0 atom stereocenters. The van der Waals surface area contributed by atoms with E-state index >= 15 is 0 Å². The molecule has 1 N–H and O–H groups in total. The van der Waals surface area contributed by atoms with Crippen LogP contribution in [-0.4, -0.2) is 35.3 Å². The topological polar surface area (TPSA) is 94.8 Å². The number of rotatable bonds is 6. The largest absolute Gasteiger partial charge is 0.491 e. The van der Waals surface area contributed by atoms with Gasteiger partial charge >= 0.3 is 11.9 Å². The number of pyridine rings is 1. The fraction of sp³-hybridized carbons (Fsp3) is 0.417. The molecule has 1 aromatic heterocycles. The quantitative estimate of drug-likeness (QED) is 0.756. The Morgan fingerprint density at radius 3 is 2.63 bits per heavy atom. The lowest BCUT2D eigenvalue weighted by atomic mass is 10.3. The Bertz CT molecular complexity index is 534. The molecule has 0 fully saturated rings. The van der Waals surface area contributed by atoms with E-state index in [-0.39, 0.29) is 31.0 Å². The number of carbonyl (C=O) groups is 2. The van der Waals surface area contributed by atoms with Crippen molar-refractivity contribution >= 4 is 11.9 Å². The third kappa shape index (κ3) is 3.84. The zero-order valence-corrected chi connectivity index (χ0v) is 10.7. The van der Waals surface area contributed by atoms with Crippen LogP contribution in [0, 0.1) is 0 Å². The zero-order chi connectivity index (χ0) is 14.4. The van der Waals surface area contributed by atoms with Crippen LogP contribution in [-0.2, 0) is 16.1 Å². The number of hydrogen-bond acceptors (Lipinski definition) is 5. The lowest BCUT2D eigenvalue weighted by Crippen LogP contribution is -2.19. The number of nitrogens with zero attached hydrogens (tertiary/aromatic N) is 1. The Balaban J connectivity index is 3.00. The highest BCUT2D eigenvalue weighted by atomic mass is 16.5. The molecule has 7 nitrogen and oxygen atoms in total. The smallest absolute Gasteiger partial charge is 0.352 e. The minimum absolute atomic E-state index is 0.0140. The second kappa shape index (κ2) is 6.58. The summed E-state index contributed by atoms with van der Waals surface area (Å²) in [5, 5.41) is 9.01. The first kappa shape index (κ1) is 14.7. The maximum Gasteiger partial charge on any atom is 0.352 e. The third-order valence-electron chi connectivity index (χ3n) is 2.39. The normalized spacial score (nSPS) is 10.0. The highest BCUT2D eigenvalue weighted by Crippen LogP contribution is 2.08. The van der Waals surface area contributed by atoms with Crippen LogP contribution >= 0.6 is 0 Å². The maximum atomic E-state index is 11.5. The lowest BCUT2D eigenvalue weighted by Gasteiger charge is -2.11. The van der Waals surface area contributed by atoms with Crippen LogP contribution in [0.25, 0.3) is 0 Å². The highest BCUT2D eigenvalue weighted by molar-refractivity contribution is 5.85. The molecule has 19 heavy (non-hydrogen) atoms. The van der Waals surface area contributed by atoms with E-state index in [2.05, 4.69) is 0 Å². The summed E-state index contributed by atoms with van der Waals surface area (Å²) in [6.45, 7) is 2.04. The molecule has 0 aliphatic carbocycles. The second-order valence-corrected chi connectivity index (χ2v) is 3.64. The highest BCUT2D eigenvalue weighted by Gasteiger charge is 2.14. The van der Waals surface area contributed by atoms with Crippen molar-refractivity contribution in [2.75, 3.05) is 13.7 Å². The average Bonchev–Trinajstić information content (AvgIpc) is 2.37. The first-order valence-corrected chi connectivity index (χ1v) is 5.67. The number of esters is 1. The van der Waals surface area contributed by atoms with Gasteiger partial charge in [0.1, 0.15) is 5.69 Å². The predicted molar refractivity (Wildman–Crippen MR) is 65.5 cm³/mol. The van der Waals surface area contributed by atoms with E-state index in [4.69, 9.17) is 14.6 Å². The van der Waals surface area contributed by atoms with Gasteiger partial charge in [0.15, 0.2) is 5.75 Å². The summed E-state index contributed by atoms with van der Waals surface area (Å²) in [4.78, 5) is 33.7. The fourth-order valence-corrected chi connectivity index (χ4v) is 1.52. The minimum Gasteiger partial charge on any atom is -0.491 e. The number of ether oxygens (including phenoxy) is 2. The van der Waals surface area contributed by atoms with Gasteiger partial charge in [-0.3, -0.25) is 9.59 Å². The van der Waals surface area contributed by atoms with Crippen LogP contribution in [0.4, 0.5) is 0 Å². The molecular formula is C12H15NO6. The summed E-state index contributed by atoms with van der Waals surface area (Å²) >= 11 is 0. The van der Waals surface area contributed by atoms with Gasteiger partial charge in [-0.2, -0.15) is 0 Å². The number of aryl methyl sites for hydroxylation is 1. The van der Waals surface area contributed by atoms with Gasteiger partial charge < -0.3 is 19.1 Å². The van der Waals surface area contributed by atoms with Crippen molar-refractivity contribution in [1.29, 1.82) is 0 Å². The first-order valence-electron chi connectivity index (χ1n) is 5.67. The van der Waals surface area contributed by atoms with E-state index in [9.17, 15) is 14.4 Å². The van der Waals surface area contributed by atoms with Gasteiger partial charge in [-0.1, -0.05) is 0 Å². The first-order chi connectivity index (χ1) is 8.99. The molecule has 0 aliphatic heterocycles. The summed E-state index contributed by atoms with van der Waals surface area (Å²) in [7, 11) is 1.31. The Hall–Kier alpha value is -2.31. The van der Waals surface area contributed by atoms with Gasteiger partial charge in [0.25, 0.3) is 0 Å². The van der Waals surface area contributed by atoms with Crippen LogP contribution in [0.2, 0.25) is 0 Å². The number of carbonyl (C=O) groups excluding carboxylic acids is 1. The second-order valence-electron chi connectivity index (χ2n) is 3.64. The fourth-order valence-electron chi connectivity index (χ4n) is 1.52. The average molecular weight is 269 g/mol. The molecule has 0 amide bonds. The van der Waals surface area contributed by atoms with Crippen LogP contribution in [0.3, 0.4) is 0 Å². The molecule has 1 aromatic rings. The molecule has 0 unspecified atom stereocenters. The van der Waals surface area contributed by atoms with E-state index < -0.39 is 17.4 Å². The minimum atomic E-state index is -1.25. The van der Waals surface area contributed by atoms with Gasteiger partial charge in [-0.25, -0.2) is 4.79 Å². The molecule has 1 rings (SSSR count). The van der Waals surface area contributed by atoms with Crippen molar-refractivity contribution in [3.05, 3.63) is 28.2 Å². The Kier molecular flexibility index (Phi) is 5.11. The Morgan fingerprint density at radius 2 is 2.11 bits per heavy atom. The maximum absolute atomic E-state index is 11.5. The molecular weight excluding hydrogens is 254 g/mol. The standard InChI is InChI=1S/C12H15NO6/c1-3-19-11(15)4-5-13-7-10(18-2)9(14)6-8(13)12(16)17/h6-7H,3-5H2,1-2H3,(H,16,17). The molecule has 0 saturated carbocycles. The molecule has 0 saturated heterocycles. The van der Waals surface area contributed by atoms with Crippen LogP contribution in [0.15, 0.2) is 17.1 Å². The molecule has 0 spiro atoms. The lowest BCUT2D eigenvalue weighted by molar-refractivity contribution is -0.143. The summed E-state index contributed by atoms with van der Waals surface area (Å²) < 4.78 is 10.9. The molecule has 0 radical (unpaired) electrons. The van der Waals surface area contributed by atoms with Crippen molar-refractivity contribution in [1.82, 2.24) is 4.57 Å². The Labute approximate surface area is 109 Å². The van der Waals surface area contributed by atoms with Gasteiger partial charge in [0.05, 0.1) is 26.3 Å². The van der Waals surface area contributed by atoms with Crippen molar-refractivity contribution in [3.63, 3.8) is 0 Å². The van der Waals surface area contributed by atoms with Crippen molar-refractivity contribution in [2.24, 2.45) is 0 Å². The number of aromatic carboxylic acids is 1. The Morgan fingerprint density at radius 1 is 1.42 bits per heavy atom. The summed E-state index contributed by atoms with van der Waals surface area (Å²) in [5.41, 5.74) is -0.720. The molecule has 7 heteroatoms. The summed E-state index contributed by atoms with van der Waals surface area (Å²) in [6.07, 6.45) is 1.28. The molecule has 104 valence electrons. The number of methoxy groups -OCH3 is 1. The van der Waals surface area contributed by atoms with E-state index in [0.29, 0.717) is 0 Å². The number of hydrogen-bond donors (Lipinski definition) is 1. The van der Waals surface area contributed by atoms with E-state index in [1.54, 1.807) is 6.92 Å². The number of carboxylic acids is 1. The number of aromatic nitrogens is 1. The summed E-state index contributed by atoms with van der Waals surface area (Å²) in [6, 6.07) is 0.965. The molecule has 1 heterocycles. The van der Waals surface area contributed by atoms with Gasteiger partial charge in [0, 0.05) is 12.6 Å². The SMILES string of the molecule is CCOC(=O)CCn1cc(OC)c(=O)cc1C(=O)O. The van der Waals surface area contributed by atoms with Crippen LogP contribution in [0.1, 0.15) is 23.8 Å². The van der Waals surface area contributed by atoms with E-state index in [1.165, 1.54) is 17.9 Å². The van der Waals surface area contributed by atoms with Crippen LogP contribution < -0.4 is 10.2 Å². The predicted octanol–water partition coefficient (Wildman–Crippen LogP) is 0.508. The zero-order valence-electron chi connectivity index (χ0n) is 10.7. The summed E-state index contributed by atoms with van der Waals surface area (Å²) in [5.74, 6) is -1.66. The van der Waals surface area contributed by atoms with Crippen LogP contribution in [0.5, 0.6) is 5.75 Å². The van der Waals surface area contributed by atoms with Crippen molar-refractivity contribution in [2.45, 2.75) is 19.9 Å². The van der Waals surface area contributed by atoms with Gasteiger partial charge in [-0.05, 0) is 6.92 Å². The monoisotopic (exact) mass is 269 g/mol. The molecule has 0 aliphatic rings. The number of carboxylic acid groups (broad SMARTS) is 1. The van der Waals surface area contributed by atoms with Crippen molar-refractivity contribution in [3.8, 4) is 5.75 Å². The third-order valence-corrected chi connectivity index (χ3v) is 2.39. The van der Waals surface area contributed by atoms with Crippen molar-refractivity contribution < 1.29 is 24.2 Å².